The molecule has 0 spiro atoms. The molecule has 2 bridgehead atoms. The van der Waals surface area contributed by atoms with Crippen LogP contribution in [0.2, 0.25) is 0 Å². The van der Waals surface area contributed by atoms with Crippen LogP contribution in [0, 0.1) is 35.0 Å². The van der Waals surface area contributed by atoms with Crippen molar-refractivity contribution in [2.24, 2.45) is 35.0 Å². The van der Waals surface area contributed by atoms with E-state index in [4.69, 9.17) is 0 Å². The summed E-state index contributed by atoms with van der Waals surface area (Å²) in [6, 6.07) is 0. The lowest BCUT2D eigenvalue weighted by Gasteiger charge is -2.25. The largest absolute Gasteiger partial charge is 0.481 e. The van der Waals surface area contributed by atoms with Gasteiger partial charge in [-0.15, -0.1) is 0 Å². The van der Waals surface area contributed by atoms with Crippen molar-refractivity contribution in [3.05, 3.63) is 12.2 Å². The second-order valence-corrected chi connectivity index (χ2v) is 7.19. The highest BCUT2D eigenvalue weighted by molar-refractivity contribution is 5.86. The zero-order valence-corrected chi connectivity index (χ0v) is 11.5. The van der Waals surface area contributed by atoms with Gasteiger partial charge < -0.3 is 10.4 Å². The lowest BCUT2D eigenvalue weighted by Crippen LogP contribution is -2.42. The van der Waals surface area contributed by atoms with Crippen LogP contribution in [0.15, 0.2) is 12.2 Å². The van der Waals surface area contributed by atoms with Crippen molar-refractivity contribution in [1.82, 2.24) is 5.32 Å². The van der Waals surface area contributed by atoms with Crippen molar-refractivity contribution >= 4 is 11.9 Å². The van der Waals surface area contributed by atoms with E-state index in [1.54, 1.807) is 0 Å². The normalized spacial score (nSPS) is 39.8. The molecule has 0 heterocycles. The van der Waals surface area contributed by atoms with E-state index in [9.17, 15) is 14.7 Å². The summed E-state index contributed by atoms with van der Waals surface area (Å²) < 4.78 is 0. The second kappa shape index (κ2) is 4.09. The van der Waals surface area contributed by atoms with Crippen LogP contribution in [-0.4, -0.2) is 23.5 Å². The summed E-state index contributed by atoms with van der Waals surface area (Å²) in [5, 5.41) is 12.5. The van der Waals surface area contributed by atoms with Gasteiger partial charge in [-0.25, -0.2) is 0 Å². The molecule has 0 aliphatic heterocycles. The number of amides is 1. The SMILES string of the molecule is O=C(O)C1C2C=CC(C2)C1C(=O)NCC1(C2CC2)CC1. The first-order chi connectivity index (χ1) is 9.61. The molecule has 4 aliphatic rings. The minimum atomic E-state index is -0.815. The Morgan fingerprint density at radius 1 is 1.15 bits per heavy atom. The van der Waals surface area contributed by atoms with E-state index in [1.807, 2.05) is 12.2 Å². The topological polar surface area (TPSA) is 66.4 Å². The monoisotopic (exact) mass is 275 g/mol. The molecule has 1 amide bonds. The molecule has 4 rings (SSSR count). The number of allylic oxidation sites excluding steroid dienone is 2. The molecule has 0 aromatic heterocycles. The number of fused-ring (bicyclic) bond motifs is 2. The van der Waals surface area contributed by atoms with E-state index in [0.717, 1.165) is 18.9 Å². The number of hydrogen-bond donors (Lipinski definition) is 2. The van der Waals surface area contributed by atoms with Crippen molar-refractivity contribution in [2.75, 3.05) is 6.54 Å². The zero-order chi connectivity index (χ0) is 13.9. The third-order valence-electron chi connectivity index (χ3n) is 6.00. The van der Waals surface area contributed by atoms with Crippen molar-refractivity contribution in [2.45, 2.75) is 32.1 Å². The number of hydrogen-bond acceptors (Lipinski definition) is 2. The Labute approximate surface area is 118 Å². The van der Waals surface area contributed by atoms with Gasteiger partial charge in [-0.1, -0.05) is 12.2 Å². The average Bonchev–Trinajstić information content (AvgIpc) is 3.33. The summed E-state index contributed by atoms with van der Waals surface area (Å²) in [4.78, 5) is 23.9. The minimum Gasteiger partial charge on any atom is -0.481 e. The van der Waals surface area contributed by atoms with Crippen LogP contribution in [0.5, 0.6) is 0 Å². The summed E-state index contributed by atoms with van der Waals surface area (Å²) in [6.45, 7) is 0.764. The molecule has 20 heavy (non-hydrogen) atoms. The molecule has 3 saturated carbocycles. The summed E-state index contributed by atoms with van der Waals surface area (Å²) in [5.41, 5.74) is 0.377. The Hall–Kier alpha value is -1.32. The predicted molar refractivity (Wildman–Crippen MR) is 72.8 cm³/mol. The van der Waals surface area contributed by atoms with Gasteiger partial charge in [0.15, 0.2) is 0 Å². The Balaban J connectivity index is 1.42. The smallest absolute Gasteiger partial charge is 0.307 e. The van der Waals surface area contributed by atoms with Crippen LogP contribution < -0.4 is 5.32 Å². The number of nitrogens with one attached hydrogen (secondary N) is 1. The maximum Gasteiger partial charge on any atom is 0.307 e. The Kier molecular flexibility index (Phi) is 2.54. The molecule has 108 valence electrons. The molecular weight excluding hydrogens is 254 g/mol. The predicted octanol–water partition coefficient (Wildman–Crippen LogP) is 1.82. The van der Waals surface area contributed by atoms with E-state index < -0.39 is 11.9 Å². The Morgan fingerprint density at radius 3 is 2.35 bits per heavy atom. The van der Waals surface area contributed by atoms with Crippen LogP contribution in [0.3, 0.4) is 0 Å². The van der Waals surface area contributed by atoms with Crippen LogP contribution >= 0.6 is 0 Å². The molecule has 4 aliphatic carbocycles. The molecule has 0 aromatic rings. The van der Waals surface area contributed by atoms with E-state index >= 15 is 0 Å². The summed E-state index contributed by atoms with van der Waals surface area (Å²) in [6.07, 6.45) is 9.95. The van der Waals surface area contributed by atoms with Gasteiger partial charge in [0.25, 0.3) is 0 Å². The molecule has 0 saturated heterocycles. The van der Waals surface area contributed by atoms with Crippen LogP contribution in [0.1, 0.15) is 32.1 Å². The number of carboxylic acid groups (broad SMARTS) is 1. The van der Waals surface area contributed by atoms with E-state index in [0.29, 0.717) is 5.41 Å². The average molecular weight is 275 g/mol. The maximum atomic E-state index is 12.5. The van der Waals surface area contributed by atoms with Crippen LogP contribution in [0.4, 0.5) is 0 Å². The first-order valence-corrected chi connectivity index (χ1v) is 7.80. The highest BCUT2D eigenvalue weighted by Gasteiger charge is 2.55. The van der Waals surface area contributed by atoms with Gasteiger partial charge in [-0.2, -0.15) is 0 Å². The Bertz CT molecular complexity index is 490. The van der Waals surface area contributed by atoms with E-state index in [2.05, 4.69) is 5.32 Å². The maximum absolute atomic E-state index is 12.5. The Morgan fingerprint density at radius 2 is 1.80 bits per heavy atom. The molecule has 0 radical (unpaired) electrons. The van der Waals surface area contributed by atoms with Crippen molar-refractivity contribution in [3.8, 4) is 0 Å². The fraction of sp³-hybridized carbons (Fsp3) is 0.750. The molecule has 0 aromatic carbocycles. The van der Waals surface area contributed by atoms with Crippen LogP contribution in [0.25, 0.3) is 0 Å². The fourth-order valence-electron chi connectivity index (χ4n) is 4.48. The number of carbonyl (C=O) groups is 2. The summed E-state index contributed by atoms with van der Waals surface area (Å²) in [7, 11) is 0. The minimum absolute atomic E-state index is 0.0267. The molecular formula is C16H21NO3. The van der Waals surface area contributed by atoms with Gasteiger partial charge in [0.05, 0.1) is 11.8 Å². The van der Waals surface area contributed by atoms with Gasteiger partial charge in [-0.3, -0.25) is 9.59 Å². The molecule has 4 nitrogen and oxygen atoms in total. The molecule has 4 unspecified atom stereocenters. The number of aliphatic carboxylic acids is 1. The van der Waals surface area contributed by atoms with Gasteiger partial charge in [-0.05, 0) is 55.3 Å². The standard InChI is InChI=1S/C16H21NO3/c18-14(17-8-16(5-6-16)11-3-4-11)12-9-1-2-10(7-9)13(12)15(19)20/h1-2,9-13H,3-8H2,(H,17,18)(H,19,20). The van der Waals surface area contributed by atoms with Crippen molar-refractivity contribution < 1.29 is 14.7 Å². The lowest BCUT2D eigenvalue weighted by molar-refractivity contribution is -0.147. The number of carbonyl (C=O) groups excluding carboxylic acids is 1. The second-order valence-electron chi connectivity index (χ2n) is 7.19. The van der Waals surface area contributed by atoms with Gasteiger partial charge >= 0.3 is 5.97 Å². The first kappa shape index (κ1) is 12.4. The zero-order valence-electron chi connectivity index (χ0n) is 11.5. The van der Waals surface area contributed by atoms with Crippen molar-refractivity contribution in [3.63, 3.8) is 0 Å². The van der Waals surface area contributed by atoms with Crippen LogP contribution in [-0.2, 0) is 9.59 Å². The van der Waals surface area contributed by atoms with Gasteiger partial charge in [0.1, 0.15) is 0 Å². The molecule has 2 N–H and O–H groups in total. The van der Waals surface area contributed by atoms with E-state index in [1.165, 1.54) is 25.7 Å². The first-order valence-electron chi connectivity index (χ1n) is 7.80. The third kappa shape index (κ3) is 1.80. The highest BCUT2D eigenvalue weighted by Crippen LogP contribution is 2.61. The molecule has 4 atom stereocenters. The number of rotatable bonds is 5. The summed E-state index contributed by atoms with van der Waals surface area (Å²) in [5.74, 6) is -0.688. The fourth-order valence-corrected chi connectivity index (χ4v) is 4.48. The lowest BCUT2D eigenvalue weighted by atomic mass is 9.82. The van der Waals surface area contributed by atoms with Gasteiger partial charge in [0.2, 0.25) is 5.91 Å². The number of carboxylic acids is 1. The third-order valence-corrected chi connectivity index (χ3v) is 6.00. The van der Waals surface area contributed by atoms with Gasteiger partial charge in [0, 0.05) is 6.54 Å². The quantitative estimate of drug-likeness (QED) is 0.752. The highest BCUT2D eigenvalue weighted by atomic mass is 16.4. The summed E-state index contributed by atoms with van der Waals surface area (Å²) >= 11 is 0. The molecule has 4 heteroatoms. The molecule has 3 fully saturated rings. The van der Waals surface area contributed by atoms with E-state index in [-0.39, 0.29) is 23.7 Å². The van der Waals surface area contributed by atoms with Crippen molar-refractivity contribution in [1.29, 1.82) is 0 Å².